The van der Waals surface area contributed by atoms with Gasteiger partial charge < -0.3 is 0 Å². The molecule has 0 N–H and O–H groups in total. The Balaban J connectivity index is 2.34. The fourth-order valence-electron chi connectivity index (χ4n) is 0.0630. The Morgan fingerprint density at radius 3 is 1.50 bits per heavy atom. The summed E-state index contributed by atoms with van der Waals surface area (Å²) < 4.78 is 0. The van der Waals surface area contributed by atoms with Crippen LogP contribution in [0.2, 0.25) is 0 Å². The normalized spacial score (nSPS) is 9.00. The molecule has 0 radical (unpaired) electrons. The molecule has 6 heavy (non-hydrogen) atoms. The van der Waals surface area contributed by atoms with Gasteiger partial charge in [0, 0.05) is 0 Å². The maximum Gasteiger partial charge on any atom is 0.137 e. The van der Waals surface area contributed by atoms with Crippen molar-refractivity contribution >= 4 is 31.9 Å². The van der Waals surface area contributed by atoms with E-state index in [0.717, 1.165) is 0 Å². The Morgan fingerprint density at radius 1 is 1.00 bits per heavy atom. The van der Waals surface area contributed by atoms with Crippen LogP contribution in [0.15, 0.2) is 0 Å². The van der Waals surface area contributed by atoms with Crippen LogP contribution in [0.5, 0.6) is 0 Å². The van der Waals surface area contributed by atoms with Gasteiger partial charge in [0.2, 0.25) is 0 Å². The number of halogens is 2. The van der Waals surface area contributed by atoms with E-state index >= 15 is 0 Å². The summed E-state index contributed by atoms with van der Waals surface area (Å²) in [7, 11) is 0. The lowest BCUT2D eigenvalue weighted by Gasteiger charge is -1.90. The molecule has 0 aromatic rings. The van der Waals surface area contributed by atoms with E-state index in [2.05, 4.69) is 41.6 Å². The predicted octanol–water partition coefficient (Wildman–Crippen LogP) is 1.64. The molecule has 2 nitrogen and oxygen atoms in total. The van der Waals surface area contributed by atoms with Gasteiger partial charge in [-0.05, 0) is 0 Å². The molecule has 4 heteroatoms. The first-order chi connectivity index (χ1) is 2.91. The minimum absolute atomic E-state index is 0.415. The number of hydrogen-bond acceptors (Lipinski definition) is 2. The summed E-state index contributed by atoms with van der Waals surface area (Å²) in [6.45, 7) is 0. The second-order valence-corrected chi connectivity index (χ2v) is 1.37. The number of alkyl halides is 2. The second-order valence-electron chi connectivity index (χ2n) is 0.454. The SMILES string of the molecule is BrCOOCBr. The van der Waals surface area contributed by atoms with Crippen molar-refractivity contribution in [1.29, 1.82) is 0 Å². The van der Waals surface area contributed by atoms with Gasteiger partial charge in [-0.2, -0.15) is 0 Å². The lowest BCUT2D eigenvalue weighted by molar-refractivity contribution is -0.259. The third-order valence-corrected chi connectivity index (χ3v) is 0.546. The van der Waals surface area contributed by atoms with Crippen molar-refractivity contribution in [3.05, 3.63) is 0 Å². The van der Waals surface area contributed by atoms with Gasteiger partial charge in [0.05, 0.1) is 0 Å². The highest BCUT2D eigenvalue weighted by Gasteiger charge is 1.74. The summed E-state index contributed by atoms with van der Waals surface area (Å²) in [5.41, 5.74) is 0.831. The zero-order valence-electron chi connectivity index (χ0n) is 2.99. The summed E-state index contributed by atoms with van der Waals surface area (Å²) in [4.78, 5) is 8.70. The highest BCUT2D eigenvalue weighted by molar-refractivity contribution is 9.09. The summed E-state index contributed by atoms with van der Waals surface area (Å²) in [6.07, 6.45) is 0. The van der Waals surface area contributed by atoms with Crippen molar-refractivity contribution in [1.82, 2.24) is 0 Å². The number of rotatable bonds is 3. The number of hydrogen-bond donors (Lipinski definition) is 0. The van der Waals surface area contributed by atoms with Crippen LogP contribution in [0.1, 0.15) is 0 Å². The highest BCUT2D eigenvalue weighted by atomic mass is 79.9. The van der Waals surface area contributed by atoms with Crippen molar-refractivity contribution < 1.29 is 9.78 Å². The van der Waals surface area contributed by atoms with Gasteiger partial charge in [-0.1, -0.05) is 31.9 Å². The Bertz CT molecular complexity index is 21.5. The molecule has 0 aliphatic rings. The average Bonchev–Trinajstić information content (AvgIpc) is 1.61. The van der Waals surface area contributed by atoms with E-state index in [9.17, 15) is 0 Å². The minimum Gasteiger partial charge on any atom is -0.224 e. The molecule has 0 rings (SSSR count). The van der Waals surface area contributed by atoms with Crippen LogP contribution in [-0.4, -0.2) is 11.0 Å². The van der Waals surface area contributed by atoms with E-state index in [-0.39, 0.29) is 0 Å². The highest BCUT2D eigenvalue weighted by Crippen LogP contribution is 1.86. The van der Waals surface area contributed by atoms with Gasteiger partial charge in [0.15, 0.2) is 0 Å². The van der Waals surface area contributed by atoms with Crippen molar-refractivity contribution in [3.8, 4) is 0 Å². The first-order valence-corrected chi connectivity index (χ1v) is 3.52. The summed E-state index contributed by atoms with van der Waals surface area (Å²) in [5.74, 6) is 0. The first kappa shape index (κ1) is 6.88. The van der Waals surface area contributed by atoms with Crippen LogP contribution in [-0.2, 0) is 9.78 Å². The lowest BCUT2D eigenvalue weighted by atomic mass is 11.7. The maximum atomic E-state index is 4.35. The Morgan fingerprint density at radius 2 is 1.33 bits per heavy atom. The Hall–Kier alpha value is 0.880. The molecule has 0 bridgehead atoms. The molecule has 0 heterocycles. The molecule has 0 saturated heterocycles. The Kier molecular flexibility index (Phi) is 6.74. The molecule has 0 spiro atoms. The van der Waals surface area contributed by atoms with Crippen molar-refractivity contribution in [2.45, 2.75) is 0 Å². The van der Waals surface area contributed by atoms with E-state index < -0.39 is 0 Å². The fraction of sp³-hybridized carbons (Fsp3) is 1.00. The topological polar surface area (TPSA) is 18.5 Å². The van der Waals surface area contributed by atoms with Gasteiger partial charge in [-0.15, -0.1) is 0 Å². The van der Waals surface area contributed by atoms with Crippen molar-refractivity contribution in [2.75, 3.05) is 11.0 Å². The Labute approximate surface area is 53.0 Å². The average molecular weight is 220 g/mol. The molecule has 0 aromatic heterocycles. The molecule has 0 aliphatic carbocycles. The molecule has 0 fully saturated rings. The van der Waals surface area contributed by atoms with E-state index in [1.807, 2.05) is 0 Å². The summed E-state index contributed by atoms with van der Waals surface area (Å²) >= 11 is 5.96. The van der Waals surface area contributed by atoms with Crippen LogP contribution in [0.25, 0.3) is 0 Å². The van der Waals surface area contributed by atoms with Crippen LogP contribution in [0.3, 0.4) is 0 Å². The van der Waals surface area contributed by atoms with E-state index in [1.54, 1.807) is 0 Å². The fourth-order valence-corrected chi connectivity index (χ4v) is 0.327. The van der Waals surface area contributed by atoms with Gasteiger partial charge in [-0.3, -0.25) is 0 Å². The zero-order valence-corrected chi connectivity index (χ0v) is 6.16. The van der Waals surface area contributed by atoms with Crippen LogP contribution in [0, 0.1) is 0 Å². The zero-order chi connectivity index (χ0) is 4.83. The van der Waals surface area contributed by atoms with Gasteiger partial charge in [-0.25, -0.2) is 9.78 Å². The maximum absolute atomic E-state index is 4.35. The molecule has 0 amide bonds. The van der Waals surface area contributed by atoms with Crippen LogP contribution in [0.4, 0.5) is 0 Å². The molecule has 0 aliphatic heterocycles. The van der Waals surface area contributed by atoms with E-state index in [4.69, 9.17) is 0 Å². The van der Waals surface area contributed by atoms with Gasteiger partial charge >= 0.3 is 0 Å². The van der Waals surface area contributed by atoms with Gasteiger partial charge in [0.1, 0.15) is 11.0 Å². The predicted molar refractivity (Wildman–Crippen MR) is 29.8 cm³/mol. The van der Waals surface area contributed by atoms with Crippen LogP contribution < -0.4 is 0 Å². The molecular weight excluding hydrogens is 216 g/mol. The molecule has 0 atom stereocenters. The monoisotopic (exact) mass is 218 g/mol. The van der Waals surface area contributed by atoms with Crippen LogP contribution >= 0.6 is 31.9 Å². The second kappa shape index (κ2) is 5.88. The quantitative estimate of drug-likeness (QED) is 0.311. The minimum atomic E-state index is 0.415. The third kappa shape index (κ3) is 4.88. The van der Waals surface area contributed by atoms with Crippen molar-refractivity contribution in [3.63, 3.8) is 0 Å². The summed E-state index contributed by atoms with van der Waals surface area (Å²) in [6, 6.07) is 0. The smallest absolute Gasteiger partial charge is 0.137 e. The first-order valence-electron chi connectivity index (χ1n) is 1.28. The standard InChI is InChI=1S/C2H4Br2O2/c3-1-5-6-2-4/h1-2H2. The van der Waals surface area contributed by atoms with E-state index in [0.29, 0.717) is 11.0 Å². The molecule has 0 aromatic carbocycles. The molecule has 38 valence electrons. The molecule has 0 unspecified atom stereocenters. The third-order valence-electron chi connectivity index (χ3n) is 0.172. The lowest BCUT2D eigenvalue weighted by Crippen LogP contribution is -1.85. The molecular formula is C2H4Br2O2. The molecule has 0 saturated carbocycles. The largest absolute Gasteiger partial charge is 0.224 e. The van der Waals surface area contributed by atoms with Crippen molar-refractivity contribution in [2.24, 2.45) is 0 Å². The summed E-state index contributed by atoms with van der Waals surface area (Å²) in [5, 5.41) is 0. The van der Waals surface area contributed by atoms with Gasteiger partial charge in [0.25, 0.3) is 0 Å². The van der Waals surface area contributed by atoms with E-state index in [1.165, 1.54) is 0 Å².